The molecule has 12 nitrogen and oxygen atoms in total. The summed E-state index contributed by atoms with van der Waals surface area (Å²) >= 11 is 0. The number of nitrogens with two attached hydrogens (primary N) is 1. The predicted molar refractivity (Wildman–Crippen MR) is 189 cm³/mol. The molecule has 4 aliphatic heterocycles. The number of carboxylic acid groups (broad SMARTS) is 1. The van der Waals surface area contributed by atoms with Crippen LogP contribution in [0.15, 0.2) is 36.4 Å². The summed E-state index contributed by atoms with van der Waals surface area (Å²) in [6.07, 6.45) is -9.79. The molecule has 6 rings (SSSR count). The highest BCUT2D eigenvalue weighted by Gasteiger charge is 2.42. The fraction of sp³-hybridized carbons (Fsp3) is 0.568. The molecule has 0 aromatic heterocycles. The van der Waals surface area contributed by atoms with Crippen molar-refractivity contribution in [1.29, 1.82) is 0 Å². The van der Waals surface area contributed by atoms with E-state index in [0.717, 1.165) is 11.3 Å². The number of carbonyl (C=O) groups excluding carboxylic acids is 3. The van der Waals surface area contributed by atoms with Gasteiger partial charge in [0.05, 0.1) is 22.7 Å². The average Bonchev–Trinajstić information content (AvgIpc) is 3.32. The minimum Gasteiger partial charge on any atom is -0.465 e. The Bertz CT molecular complexity index is 1720. The van der Waals surface area contributed by atoms with Crippen LogP contribution in [0.4, 0.5) is 47.3 Å². The zero-order valence-electron chi connectivity index (χ0n) is 30.2. The molecule has 0 bridgehead atoms. The van der Waals surface area contributed by atoms with Crippen LogP contribution in [0.25, 0.3) is 0 Å². The van der Waals surface area contributed by atoms with Crippen LogP contribution < -0.4 is 11.1 Å². The number of piperidine rings is 2. The molecule has 0 spiro atoms. The maximum Gasteiger partial charge on any atom is 0.418 e. The second-order valence-electron chi connectivity index (χ2n) is 14.7. The Balaban J connectivity index is 1.15. The number of amides is 5. The summed E-state index contributed by atoms with van der Waals surface area (Å²) in [5.74, 6) is -2.27. The number of hydrogen-bond acceptors (Lipinski definition) is 6. The lowest BCUT2D eigenvalue weighted by Crippen LogP contribution is -2.55. The molecule has 1 atom stereocenters. The predicted octanol–water partition coefficient (Wildman–Crippen LogP) is 5.22. The third kappa shape index (κ3) is 9.22. The summed E-state index contributed by atoms with van der Waals surface area (Å²) in [5.41, 5.74) is 1.92. The Morgan fingerprint density at radius 1 is 0.782 bits per heavy atom. The van der Waals surface area contributed by atoms with Crippen LogP contribution in [0, 0.1) is 5.92 Å². The van der Waals surface area contributed by atoms with Gasteiger partial charge < -0.3 is 35.8 Å². The lowest BCUT2D eigenvalue weighted by molar-refractivity contribution is -0.143. The molecule has 18 heteroatoms. The summed E-state index contributed by atoms with van der Waals surface area (Å²) in [4.78, 5) is 60.6. The maximum absolute atomic E-state index is 14.1. The van der Waals surface area contributed by atoms with E-state index in [1.54, 1.807) is 4.90 Å². The van der Waals surface area contributed by atoms with Gasteiger partial charge in [-0.15, -0.1) is 0 Å². The van der Waals surface area contributed by atoms with Gasteiger partial charge in [0.15, 0.2) is 0 Å². The van der Waals surface area contributed by atoms with Gasteiger partial charge in [-0.25, -0.2) is 9.59 Å². The third-order valence-electron chi connectivity index (χ3n) is 11.4. The fourth-order valence-electron chi connectivity index (χ4n) is 8.32. The Kier molecular flexibility index (Phi) is 11.7. The number of fused-ring (bicyclic) bond motifs is 1. The Morgan fingerprint density at radius 3 is 1.93 bits per heavy atom. The van der Waals surface area contributed by atoms with E-state index < -0.39 is 71.4 Å². The molecule has 2 aromatic carbocycles. The van der Waals surface area contributed by atoms with Crippen LogP contribution in [-0.4, -0.2) is 125 Å². The topological polar surface area (TPSA) is 143 Å². The zero-order valence-corrected chi connectivity index (χ0v) is 30.2. The number of nitrogen functional groups attached to an aromatic ring is 1. The molecule has 4 heterocycles. The van der Waals surface area contributed by atoms with Crippen LogP contribution in [0.3, 0.4) is 0 Å². The largest absolute Gasteiger partial charge is 0.465 e. The molecule has 1 unspecified atom stereocenters. The van der Waals surface area contributed by atoms with E-state index in [1.165, 1.54) is 14.7 Å². The lowest BCUT2D eigenvalue weighted by Gasteiger charge is -2.42. The van der Waals surface area contributed by atoms with Crippen LogP contribution in [-0.2, 0) is 34.8 Å². The van der Waals surface area contributed by atoms with Gasteiger partial charge in [0.2, 0.25) is 11.8 Å². The van der Waals surface area contributed by atoms with Crippen molar-refractivity contribution in [1.82, 2.24) is 24.5 Å². The van der Waals surface area contributed by atoms with Gasteiger partial charge >= 0.3 is 24.5 Å². The van der Waals surface area contributed by atoms with Gasteiger partial charge in [0.1, 0.15) is 0 Å². The highest BCUT2D eigenvalue weighted by atomic mass is 19.4. The molecule has 0 radical (unpaired) electrons. The first kappa shape index (κ1) is 39.9. The Labute approximate surface area is 314 Å². The normalized spacial score (nSPS) is 20.1. The lowest BCUT2D eigenvalue weighted by atomic mass is 9.90. The Morgan fingerprint density at radius 2 is 1.35 bits per heavy atom. The number of hydrogen-bond donors (Lipinski definition) is 3. The van der Waals surface area contributed by atoms with E-state index in [1.807, 2.05) is 24.3 Å². The van der Waals surface area contributed by atoms with Crippen molar-refractivity contribution in [2.45, 2.75) is 69.4 Å². The zero-order chi connectivity index (χ0) is 39.7. The molecule has 5 amide bonds. The van der Waals surface area contributed by atoms with Crippen molar-refractivity contribution in [3.63, 3.8) is 0 Å². The average molecular weight is 782 g/mol. The monoisotopic (exact) mass is 781 g/mol. The van der Waals surface area contributed by atoms with Crippen molar-refractivity contribution < 1.29 is 50.6 Å². The number of halogens is 6. The van der Waals surface area contributed by atoms with E-state index in [9.17, 15) is 50.6 Å². The minimum atomic E-state index is -5.20. The van der Waals surface area contributed by atoms with Gasteiger partial charge in [0, 0.05) is 83.1 Å². The number of likely N-dealkylation sites (tertiary alicyclic amines) is 2. The number of para-hydroxylation sites is 1. The molecule has 300 valence electrons. The van der Waals surface area contributed by atoms with Crippen molar-refractivity contribution in [2.24, 2.45) is 5.92 Å². The van der Waals surface area contributed by atoms with E-state index in [4.69, 9.17) is 5.73 Å². The van der Waals surface area contributed by atoms with E-state index in [-0.39, 0.29) is 44.3 Å². The second kappa shape index (κ2) is 16.2. The number of benzene rings is 2. The SMILES string of the molecule is Nc1c(C(F)(F)F)cc(CC(CC(=O)N2CCC(N3CCc4ccccc4NC3=O)CC2)C(=O)N2CCC(N3CCN(C(=O)O)CC3)CC2)cc1C(F)(F)F. The first-order valence-corrected chi connectivity index (χ1v) is 18.5. The van der Waals surface area contributed by atoms with Crippen LogP contribution in [0.1, 0.15) is 54.4 Å². The number of alkyl halides is 6. The summed E-state index contributed by atoms with van der Waals surface area (Å²) in [7, 11) is 0. The molecule has 4 N–H and O–H groups in total. The quantitative estimate of drug-likeness (QED) is 0.258. The number of anilines is 2. The first-order valence-electron chi connectivity index (χ1n) is 18.5. The molecule has 0 aliphatic carbocycles. The van der Waals surface area contributed by atoms with Crippen molar-refractivity contribution in [3.8, 4) is 0 Å². The summed E-state index contributed by atoms with van der Waals surface area (Å²) in [6, 6.07) is 8.21. The summed E-state index contributed by atoms with van der Waals surface area (Å²) in [6.45, 7) is 3.22. The number of nitrogens with zero attached hydrogens (tertiary/aromatic N) is 5. The standard InChI is InChI=1S/C37H45F6N7O5/c38-36(39,40)28-20-23(21-29(32(28)44)37(41,42)43)19-25(33(52)48-12-6-26(7-13-48)46-15-17-49(18-16-46)35(54)55)22-31(51)47-10-8-27(9-11-47)50-14-5-24-3-1-2-4-30(24)45-34(50)53/h1-4,20-21,25-27H,5-19,22,44H2,(H,45,53)(H,54,55). The summed E-state index contributed by atoms with van der Waals surface area (Å²) < 4.78 is 83.5. The first-order chi connectivity index (χ1) is 26.0. The number of carbonyl (C=O) groups is 4. The smallest absolute Gasteiger partial charge is 0.418 e. The second-order valence-corrected chi connectivity index (χ2v) is 14.7. The van der Waals surface area contributed by atoms with E-state index in [2.05, 4.69) is 10.2 Å². The molecule has 55 heavy (non-hydrogen) atoms. The van der Waals surface area contributed by atoms with Gasteiger partial charge in [-0.2, -0.15) is 26.3 Å². The highest BCUT2D eigenvalue weighted by Crippen LogP contribution is 2.42. The van der Waals surface area contributed by atoms with Gasteiger partial charge in [-0.05, 0) is 67.9 Å². The molecule has 3 fully saturated rings. The van der Waals surface area contributed by atoms with E-state index in [0.29, 0.717) is 77.0 Å². The summed E-state index contributed by atoms with van der Waals surface area (Å²) in [5, 5.41) is 12.2. The molecular formula is C37H45F6N7O5. The van der Waals surface area contributed by atoms with Crippen molar-refractivity contribution >= 4 is 35.3 Å². The number of rotatable bonds is 7. The number of nitrogens with one attached hydrogen (secondary N) is 1. The molecule has 0 saturated carbocycles. The van der Waals surface area contributed by atoms with Crippen LogP contribution in [0.2, 0.25) is 0 Å². The van der Waals surface area contributed by atoms with Crippen LogP contribution >= 0.6 is 0 Å². The maximum atomic E-state index is 14.1. The molecule has 2 aromatic rings. The van der Waals surface area contributed by atoms with Crippen molar-refractivity contribution in [2.75, 3.05) is 70.0 Å². The van der Waals surface area contributed by atoms with Gasteiger partial charge in [-0.1, -0.05) is 18.2 Å². The third-order valence-corrected chi connectivity index (χ3v) is 11.4. The fourth-order valence-corrected chi connectivity index (χ4v) is 8.32. The minimum absolute atomic E-state index is 0.0580. The van der Waals surface area contributed by atoms with Gasteiger partial charge in [0.25, 0.3) is 0 Å². The molecule has 4 aliphatic rings. The Hall–Kier alpha value is -4.74. The van der Waals surface area contributed by atoms with Gasteiger partial charge in [-0.3, -0.25) is 14.5 Å². The van der Waals surface area contributed by atoms with Crippen molar-refractivity contribution in [3.05, 3.63) is 58.7 Å². The number of piperazine rings is 1. The molecule has 3 saturated heterocycles. The number of urea groups is 1. The molecular weight excluding hydrogens is 736 g/mol. The van der Waals surface area contributed by atoms with Crippen LogP contribution in [0.5, 0.6) is 0 Å². The highest BCUT2D eigenvalue weighted by molar-refractivity contribution is 5.91. The van der Waals surface area contributed by atoms with E-state index >= 15 is 0 Å².